The Labute approximate surface area is 112 Å². The molecule has 0 aliphatic carbocycles. The van der Waals surface area contributed by atoms with Crippen LogP contribution in [0.4, 0.5) is 0 Å². The van der Waals surface area contributed by atoms with Crippen molar-refractivity contribution >= 4 is 11.6 Å². The molecule has 0 aliphatic rings. The quantitative estimate of drug-likeness (QED) is 0.845. The largest absolute Gasteiger partial charge is 0.487 e. The summed E-state index contributed by atoms with van der Waals surface area (Å²) < 4.78 is 7.53. The molecule has 4 heteroatoms. The van der Waals surface area contributed by atoms with E-state index < -0.39 is 0 Å². The molecule has 0 saturated heterocycles. The lowest BCUT2D eigenvalue weighted by Gasteiger charge is -2.08. The lowest BCUT2D eigenvalue weighted by Crippen LogP contribution is -2.03. The Kier molecular flexibility index (Phi) is 3.92. The summed E-state index contributed by atoms with van der Waals surface area (Å²) in [5.41, 5.74) is 3.00. The van der Waals surface area contributed by atoms with Gasteiger partial charge in [-0.05, 0) is 31.0 Å². The van der Waals surface area contributed by atoms with Crippen molar-refractivity contribution in [2.24, 2.45) is 7.05 Å². The fourth-order valence-corrected chi connectivity index (χ4v) is 2.06. The number of nitrogens with zero attached hydrogens (tertiary/aromatic N) is 2. The first-order chi connectivity index (χ1) is 8.61. The average Bonchev–Trinajstić information content (AvgIpc) is 2.61. The summed E-state index contributed by atoms with van der Waals surface area (Å²) in [4.78, 5) is 0. The Balaban J connectivity index is 2.11. The van der Waals surface area contributed by atoms with Crippen LogP contribution in [0.5, 0.6) is 5.75 Å². The summed E-state index contributed by atoms with van der Waals surface area (Å²) in [7, 11) is 1.88. The molecule has 0 atom stereocenters. The number of aromatic nitrogens is 2. The van der Waals surface area contributed by atoms with Gasteiger partial charge >= 0.3 is 0 Å². The van der Waals surface area contributed by atoms with E-state index in [9.17, 15) is 0 Å². The van der Waals surface area contributed by atoms with Crippen molar-refractivity contribution in [2.45, 2.75) is 26.9 Å². The van der Waals surface area contributed by atoms with Crippen molar-refractivity contribution in [1.82, 2.24) is 9.78 Å². The molecular weight excluding hydrogens is 248 g/mol. The molecule has 1 heterocycles. The second kappa shape index (κ2) is 5.44. The zero-order valence-electron chi connectivity index (χ0n) is 10.9. The van der Waals surface area contributed by atoms with Gasteiger partial charge in [-0.3, -0.25) is 4.68 Å². The smallest absolute Gasteiger partial charge is 0.131 e. The van der Waals surface area contributed by atoms with Gasteiger partial charge in [0.25, 0.3) is 0 Å². The maximum atomic E-state index is 6.18. The first-order valence-corrected chi connectivity index (χ1v) is 6.39. The molecule has 18 heavy (non-hydrogen) atoms. The van der Waals surface area contributed by atoms with Gasteiger partial charge < -0.3 is 4.74 Å². The summed E-state index contributed by atoms with van der Waals surface area (Å²) in [5.74, 6) is 0.865. The van der Waals surface area contributed by atoms with E-state index in [4.69, 9.17) is 16.3 Å². The highest BCUT2D eigenvalue weighted by atomic mass is 35.5. The van der Waals surface area contributed by atoms with Crippen LogP contribution in [0.1, 0.15) is 23.9 Å². The van der Waals surface area contributed by atoms with E-state index >= 15 is 0 Å². The van der Waals surface area contributed by atoms with E-state index in [-0.39, 0.29) is 0 Å². The minimum atomic E-state index is 0.434. The van der Waals surface area contributed by atoms with Crippen LogP contribution in [0, 0.1) is 6.92 Å². The summed E-state index contributed by atoms with van der Waals surface area (Å²) in [6, 6.07) is 8.10. The maximum absolute atomic E-state index is 6.18. The number of hydrogen-bond donors (Lipinski definition) is 0. The molecule has 1 aromatic carbocycles. The summed E-state index contributed by atoms with van der Waals surface area (Å²) in [6.45, 7) is 4.45. The highest BCUT2D eigenvalue weighted by molar-refractivity contribution is 6.31. The van der Waals surface area contributed by atoms with Crippen molar-refractivity contribution in [3.63, 3.8) is 0 Å². The second-order valence-electron chi connectivity index (χ2n) is 4.26. The Hall–Kier alpha value is -1.48. The van der Waals surface area contributed by atoms with Crippen LogP contribution in [-0.4, -0.2) is 9.78 Å². The van der Waals surface area contributed by atoms with Crippen LogP contribution in [0.15, 0.2) is 24.3 Å². The first-order valence-electron chi connectivity index (χ1n) is 6.01. The highest BCUT2D eigenvalue weighted by Crippen LogP contribution is 2.22. The van der Waals surface area contributed by atoms with E-state index in [0.717, 1.165) is 23.6 Å². The first kappa shape index (κ1) is 13.0. The zero-order valence-corrected chi connectivity index (χ0v) is 11.7. The van der Waals surface area contributed by atoms with Gasteiger partial charge in [0.05, 0.1) is 16.4 Å². The van der Waals surface area contributed by atoms with Gasteiger partial charge in [-0.2, -0.15) is 5.10 Å². The molecule has 0 unspecified atom stereocenters. The molecule has 0 N–H and O–H groups in total. The van der Waals surface area contributed by atoms with E-state index in [1.165, 1.54) is 5.56 Å². The Morgan fingerprint density at radius 3 is 2.78 bits per heavy atom. The molecule has 0 aliphatic heterocycles. The second-order valence-corrected chi connectivity index (χ2v) is 4.64. The number of ether oxygens (including phenoxy) is 1. The van der Waals surface area contributed by atoms with E-state index in [2.05, 4.69) is 24.2 Å². The van der Waals surface area contributed by atoms with Crippen molar-refractivity contribution in [3.8, 4) is 5.75 Å². The molecule has 0 amide bonds. The van der Waals surface area contributed by atoms with Crippen molar-refractivity contribution in [2.75, 3.05) is 0 Å². The Morgan fingerprint density at radius 2 is 2.17 bits per heavy atom. The summed E-state index contributed by atoms with van der Waals surface area (Å²) >= 11 is 6.18. The monoisotopic (exact) mass is 264 g/mol. The molecule has 0 radical (unpaired) electrons. The van der Waals surface area contributed by atoms with Crippen LogP contribution in [0.3, 0.4) is 0 Å². The Morgan fingerprint density at radius 1 is 1.39 bits per heavy atom. The molecule has 2 aromatic rings. The molecule has 1 aromatic heterocycles. The average molecular weight is 265 g/mol. The van der Waals surface area contributed by atoms with E-state index in [1.54, 1.807) is 4.68 Å². The zero-order chi connectivity index (χ0) is 13.1. The molecule has 0 spiro atoms. The number of rotatable bonds is 4. The normalized spacial score (nSPS) is 10.7. The summed E-state index contributed by atoms with van der Waals surface area (Å²) in [6.07, 6.45) is 1.00. The molecular formula is C14H17ClN2O. The van der Waals surface area contributed by atoms with Gasteiger partial charge in [0.15, 0.2) is 0 Å². The minimum absolute atomic E-state index is 0.434. The molecule has 0 bridgehead atoms. The lowest BCUT2D eigenvalue weighted by atomic mass is 10.2. The molecule has 96 valence electrons. The van der Waals surface area contributed by atoms with Crippen molar-refractivity contribution in [1.29, 1.82) is 0 Å². The van der Waals surface area contributed by atoms with Gasteiger partial charge in [0.2, 0.25) is 0 Å². The fourth-order valence-electron chi connectivity index (χ4n) is 1.84. The number of aryl methyl sites for hydroxylation is 3. The van der Waals surface area contributed by atoms with Gasteiger partial charge in [-0.15, -0.1) is 0 Å². The minimum Gasteiger partial charge on any atom is -0.487 e. The summed E-state index contributed by atoms with van der Waals surface area (Å²) in [5, 5.41) is 4.95. The predicted octanol–water partition coefficient (Wildman–Crippen LogP) is 3.52. The highest BCUT2D eigenvalue weighted by Gasteiger charge is 2.11. The third kappa shape index (κ3) is 2.67. The molecule has 2 rings (SSSR count). The van der Waals surface area contributed by atoms with Gasteiger partial charge in [-0.25, -0.2) is 0 Å². The fraction of sp³-hybridized carbons (Fsp3) is 0.357. The number of benzene rings is 1. The third-order valence-corrected chi connectivity index (χ3v) is 3.44. The van der Waals surface area contributed by atoms with E-state index in [1.807, 2.05) is 26.1 Å². The van der Waals surface area contributed by atoms with Crippen LogP contribution in [0.2, 0.25) is 5.02 Å². The van der Waals surface area contributed by atoms with Crippen molar-refractivity contribution in [3.05, 3.63) is 46.2 Å². The predicted molar refractivity (Wildman–Crippen MR) is 73.1 cm³/mol. The SMILES string of the molecule is CCc1cccc(OCc2c(Cl)c(C)nn2C)c1. The Bertz CT molecular complexity index is 549. The standard InChI is InChI=1S/C14H17ClN2O/c1-4-11-6-5-7-12(8-11)18-9-13-14(15)10(2)16-17(13)3/h5-8H,4,9H2,1-3H3. The number of hydrogen-bond acceptors (Lipinski definition) is 2. The van der Waals surface area contributed by atoms with E-state index in [0.29, 0.717) is 11.6 Å². The van der Waals surface area contributed by atoms with Crippen LogP contribution >= 0.6 is 11.6 Å². The molecule has 3 nitrogen and oxygen atoms in total. The van der Waals surface area contributed by atoms with Crippen molar-refractivity contribution < 1.29 is 4.74 Å². The molecule has 0 fully saturated rings. The van der Waals surface area contributed by atoms with Gasteiger partial charge in [0, 0.05) is 7.05 Å². The topological polar surface area (TPSA) is 27.1 Å². The van der Waals surface area contributed by atoms with Crippen LogP contribution in [0.25, 0.3) is 0 Å². The van der Waals surface area contributed by atoms with Gasteiger partial charge in [0.1, 0.15) is 12.4 Å². The third-order valence-electron chi connectivity index (χ3n) is 2.94. The maximum Gasteiger partial charge on any atom is 0.131 e. The van der Waals surface area contributed by atoms with Crippen LogP contribution in [-0.2, 0) is 20.1 Å². The van der Waals surface area contributed by atoms with Gasteiger partial charge in [-0.1, -0.05) is 30.7 Å². The number of halogens is 1. The molecule has 0 saturated carbocycles. The van der Waals surface area contributed by atoms with Crippen LogP contribution < -0.4 is 4.74 Å². The lowest BCUT2D eigenvalue weighted by molar-refractivity contribution is 0.294.